The predicted molar refractivity (Wildman–Crippen MR) is 67.4 cm³/mol. The number of hydrogen-bond acceptors (Lipinski definition) is 6. The zero-order valence-corrected chi connectivity index (χ0v) is 11.0. The maximum absolute atomic E-state index is 11.5. The second-order valence-corrected chi connectivity index (χ2v) is 3.96. The number of carbonyl (C=O) groups is 1. The van der Waals surface area contributed by atoms with Crippen molar-refractivity contribution in [1.82, 2.24) is 25.0 Å². The summed E-state index contributed by atoms with van der Waals surface area (Å²) in [5.74, 6) is -1.09. The Morgan fingerprint density at radius 3 is 2.65 bits per heavy atom. The van der Waals surface area contributed by atoms with Crippen molar-refractivity contribution in [1.29, 1.82) is 5.26 Å². The fraction of sp³-hybridized carbons (Fsp3) is 0.333. The summed E-state index contributed by atoms with van der Waals surface area (Å²) < 4.78 is 1.16. The molecule has 0 aliphatic rings. The van der Waals surface area contributed by atoms with Crippen LogP contribution in [-0.2, 0) is 12.8 Å². The third kappa shape index (κ3) is 2.21. The first-order valence-corrected chi connectivity index (χ1v) is 6.06. The summed E-state index contributed by atoms with van der Waals surface area (Å²) in [5, 5.41) is 30.0. The molecule has 8 heteroatoms. The van der Waals surface area contributed by atoms with Gasteiger partial charge in [-0.25, -0.2) is 9.78 Å². The lowest BCUT2D eigenvalue weighted by atomic mass is 10.0. The number of rotatable bonds is 4. The normalized spacial score (nSPS) is 10.2. The van der Waals surface area contributed by atoms with Gasteiger partial charge in [0.25, 0.3) is 5.82 Å². The van der Waals surface area contributed by atoms with Crippen LogP contribution in [0, 0.1) is 11.3 Å². The highest BCUT2D eigenvalue weighted by atomic mass is 16.4. The topological polar surface area (TPSA) is 118 Å². The number of carboxylic acid groups (broad SMARTS) is 1. The van der Waals surface area contributed by atoms with Gasteiger partial charge < -0.3 is 5.11 Å². The van der Waals surface area contributed by atoms with Crippen molar-refractivity contribution in [2.24, 2.45) is 0 Å². The van der Waals surface area contributed by atoms with E-state index in [-0.39, 0.29) is 17.2 Å². The summed E-state index contributed by atoms with van der Waals surface area (Å²) in [6.07, 6.45) is 2.37. The van der Waals surface area contributed by atoms with Gasteiger partial charge in [-0.15, -0.1) is 10.2 Å². The van der Waals surface area contributed by atoms with Gasteiger partial charge in [-0.05, 0) is 18.4 Å². The van der Waals surface area contributed by atoms with Gasteiger partial charge in [0.1, 0.15) is 18.0 Å². The van der Waals surface area contributed by atoms with Gasteiger partial charge in [-0.2, -0.15) is 15.0 Å². The minimum atomic E-state index is -1.10. The summed E-state index contributed by atoms with van der Waals surface area (Å²) in [4.78, 5) is 15.3. The first kappa shape index (κ1) is 13.6. The standard InChI is InChI=1S/C12H12N6O2/c1-3-7-8(4-2)15-16-11(10(7)12(19)20)18-6-14-9(5-13)17-18/h6H,3-4H2,1-2H3,(H,19,20). The number of aromatic nitrogens is 5. The molecule has 0 aromatic carbocycles. The van der Waals surface area contributed by atoms with Crippen molar-refractivity contribution < 1.29 is 9.90 Å². The molecule has 0 saturated heterocycles. The van der Waals surface area contributed by atoms with Crippen molar-refractivity contribution >= 4 is 5.97 Å². The molecule has 0 fully saturated rings. The Kier molecular flexibility index (Phi) is 3.70. The SMILES string of the molecule is CCc1nnc(-n2cnc(C#N)n2)c(C(=O)O)c1CC. The summed E-state index contributed by atoms with van der Waals surface area (Å²) in [5.41, 5.74) is 1.32. The zero-order valence-electron chi connectivity index (χ0n) is 11.0. The largest absolute Gasteiger partial charge is 0.478 e. The Balaban J connectivity index is 2.70. The number of hydrogen-bond donors (Lipinski definition) is 1. The lowest BCUT2D eigenvalue weighted by molar-refractivity contribution is 0.0694. The lowest BCUT2D eigenvalue weighted by Gasteiger charge is -2.11. The first-order valence-electron chi connectivity index (χ1n) is 6.06. The molecule has 0 saturated carbocycles. The van der Waals surface area contributed by atoms with Crippen molar-refractivity contribution in [2.45, 2.75) is 26.7 Å². The van der Waals surface area contributed by atoms with Crippen molar-refractivity contribution in [3.63, 3.8) is 0 Å². The van der Waals surface area contributed by atoms with Crippen LogP contribution in [0.2, 0.25) is 0 Å². The van der Waals surface area contributed by atoms with Gasteiger partial charge in [-0.3, -0.25) is 0 Å². The van der Waals surface area contributed by atoms with Gasteiger partial charge >= 0.3 is 5.97 Å². The summed E-state index contributed by atoms with van der Waals surface area (Å²) in [7, 11) is 0. The van der Waals surface area contributed by atoms with Crippen LogP contribution < -0.4 is 0 Å². The van der Waals surface area contributed by atoms with Gasteiger partial charge in [-0.1, -0.05) is 13.8 Å². The van der Waals surface area contributed by atoms with Gasteiger partial charge in [0.05, 0.1) is 5.69 Å². The third-order valence-corrected chi connectivity index (χ3v) is 2.85. The van der Waals surface area contributed by atoms with E-state index < -0.39 is 5.97 Å². The lowest BCUT2D eigenvalue weighted by Crippen LogP contribution is -2.16. The molecule has 2 heterocycles. The first-order chi connectivity index (χ1) is 9.62. The Labute approximate surface area is 114 Å². The molecule has 0 atom stereocenters. The van der Waals surface area contributed by atoms with Gasteiger partial charge in [0, 0.05) is 0 Å². The molecule has 0 bridgehead atoms. The molecule has 2 rings (SSSR count). The molecule has 0 radical (unpaired) electrons. The average Bonchev–Trinajstić information content (AvgIpc) is 2.94. The summed E-state index contributed by atoms with van der Waals surface area (Å²) >= 11 is 0. The van der Waals surface area contributed by atoms with E-state index in [0.717, 1.165) is 4.68 Å². The van der Waals surface area contributed by atoms with E-state index in [2.05, 4.69) is 20.3 Å². The van der Waals surface area contributed by atoms with Crippen LogP contribution in [-0.4, -0.2) is 36.0 Å². The quantitative estimate of drug-likeness (QED) is 0.872. The molecular formula is C12H12N6O2. The number of carboxylic acids is 1. The van der Waals surface area contributed by atoms with Crippen molar-refractivity contribution in [3.8, 4) is 11.9 Å². The maximum Gasteiger partial charge on any atom is 0.339 e. The number of aromatic carboxylic acids is 1. The minimum Gasteiger partial charge on any atom is -0.478 e. The van der Waals surface area contributed by atoms with E-state index in [1.54, 1.807) is 6.07 Å². The highest BCUT2D eigenvalue weighted by molar-refractivity contribution is 5.93. The molecule has 8 nitrogen and oxygen atoms in total. The van der Waals surface area contributed by atoms with E-state index in [1.807, 2.05) is 13.8 Å². The van der Waals surface area contributed by atoms with Crippen LogP contribution in [0.4, 0.5) is 0 Å². The molecule has 2 aromatic rings. The highest BCUT2D eigenvalue weighted by Gasteiger charge is 2.22. The molecule has 0 unspecified atom stereocenters. The van der Waals surface area contributed by atoms with E-state index in [9.17, 15) is 9.90 Å². The average molecular weight is 272 g/mol. The smallest absolute Gasteiger partial charge is 0.339 e. The summed E-state index contributed by atoms with van der Waals surface area (Å²) in [6, 6.07) is 1.78. The van der Waals surface area contributed by atoms with Gasteiger partial charge in [0.2, 0.25) is 0 Å². The molecule has 0 spiro atoms. The molecular weight excluding hydrogens is 260 g/mol. The van der Waals surface area contributed by atoms with E-state index in [4.69, 9.17) is 5.26 Å². The summed E-state index contributed by atoms with van der Waals surface area (Å²) in [6.45, 7) is 3.74. The minimum absolute atomic E-state index is 0.0498. The van der Waals surface area contributed by atoms with Gasteiger partial charge in [0.15, 0.2) is 5.82 Å². The number of aryl methyl sites for hydroxylation is 1. The molecule has 20 heavy (non-hydrogen) atoms. The molecule has 0 amide bonds. The monoisotopic (exact) mass is 272 g/mol. The van der Waals surface area contributed by atoms with Crippen LogP contribution >= 0.6 is 0 Å². The molecule has 2 aromatic heterocycles. The Morgan fingerprint density at radius 2 is 2.15 bits per heavy atom. The third-order valence-electron chi connectivity index (χ3n) is 2.85. The second-order valence-electron chi connectivity index (χ2n) is 3.96. The fourth-order valence-corrected chi connectivity index (χ4v) is 1.96. The Hall–Kier alpha value is -2.82. The predicted octanol–water partition coefficient (Wildman–Crippen LogP) is 0.752. The Morgan fingerprint density at radius 1 is 1.40 bits per heavy atom. The zero-order chi connectivity index (χ0) is 14.7. The van der Waals surface area contributed by atoms with Crippen LogP contribution in [0.1, 0.15) is 41.3 Å². The molecule has 1 N–H and O–H groups in total. The van der Waals surface area contributed by atoms with Crippen LogP contribution in [0.25, 0.3) is 5.82 Å². The maximum atomic E-state index is 11.5. The van der Waals surface area contributed by atoms with Crippen LogP contribution in [0.5, 0.6) is 0 Å². The molecule has 102 valence electrons. The van der Waals surface area contributed by atoms with Crippen molar-refractivity contribution in [3.05, 3.63) is 29.0 Å². The number of nitrogens with zero attached hydrogens (tertiary/aromatic N) is 6. The molecule has 0 aliphatic carbocycles. The number of nitriles is 1. The van der Waals surface area contributed by atoms with Crippen LogP contribution in [0.15, 0.2) is 6.33 Å². The fourth-order valence-electron chi connectivity index (χ4n) is 1.96. The van der Waals surface area contributed by atoms with E-state index >= 15 is 0 Å². The second kappa shape index (κ2) is 5.44. The highest BCUT2D eigenvalue weighted by Crippen LogP contribution is 2.19. The van der Waals surface area contributed by atoms with Crippen LogP contribution in [0.3, 0.4) is 0 Å². The Bertz CT molecular complexity index is 700. The van der Waals surface area contributed by atoms with E-state index in [1.165, 1.54) is 6.33 Å². The van der Waals surface area contributed by atoms with E-state index in [0.29, 0.717) is 24.1 Å². The van der Waals surface area contributed by atoms with Crippen molar-refractivity contribution in [2.75, 3.05) is 0 Å². The molecule has 0 aliphatic heterocycles.